The van der Waals surface area contributed by atoms with Crippen molar-refractivity contribution in [1.82, 2.24) is 4.90 Å². The summed E-state index contributed by atoms with van der Waals surface area (Å²) in [5.41, 5.74) is -3.19. The minimum Gasteiger partial charge on any atom is -0.463 e. The number of ether oxygens (including phenoxy) is 2. The van der Waals surface area contributed by atoms with E-state index in [9.17, 15) is 24.3 Å². The maximum absolute atomic E-state index is 14.9. The number of methoxy groups -OCH3 is 1. The van der Waals surface area contributed by atoms with Crippen molar-refractivity contribution >= 4 is 35.0 Å². The number of esters is 1. The average molecular weight is 567 g/mol. The zero-order valence-corrected chi connectivity index (χ0v) is 23.2. The molecular weight excluding hydrogens is 536 g/mol. The number of benzene rings is 3. The maximum atomic E-state index is 14.9. The summed E-state index contributed by atoms with van der Waals surface area (Å²) in [6.07, 6.45) is -1.60. The summed E-state index contributed by atoms with van der Waals surface area (Å²) in [6, 6.07) is 26.3. The number of para-hydroxylation sites is 1. The Morgan fingerprint density at radius 1 is 0.929 bits per heavy atom. The molecule has 2 amide bonds. The Morgan fingerprint density at radius 3 is 2.12 bits per heavy atom. The fourth-order valence-electron chi connectivity index (χ4n) is 6.87. The van der Waals surface area contributed by atoms with Crippen LogP contribution in [-0.2, 0) is 35.2 Å². The number of amides is 2. The van der Waals surface area contributed by atoms with E-state index < -0.39 is 46.7 Å². The third-order valence-corrected chi connectivity index (χ3v) is 8.50. The zero-order valence-electron chi connectivity index (χ0n) is 23.2. The first-order chi connectivity index (χ1) is 20.3. The van der Waals surface area contributed by atoms with Crippen LogP contribution in [0.25, 0.3) is 5.70 Å². The number of ketones is 1. The van der Waals surface area contributed by atoms with Crippen LogP contribution in [0.2, 0.25) is 0 Å². The summed E-state index contributed by atoms with van der Waals surface area (Å²) in [7, 11) is 1.34. The number of aliphatic hydroxyl groups is 1. The molecule has 0 aromatic heterocycles. The number of carbonyl (C=O) groups is 4. The predicted octanol–water partition coefficient (Wildman–Crippen LogP) is 3.33. The minimum absolute atomic E-state index is 0.0333. The molecule has 1 aliphatic carbocycles. The highest BCUT2D eigenvalue weighted by atomic mass is 16.5. The lowest BCUT2D eigenvalue weighted by molar-refractivity contribution is -0.236. The second kappa shape index (κ2) is 10.3. The Morgan fingerprint density at radius 2 is 1.52 bits per heavy atom. The number of rotatable bonds is 7. The highest BCUT2D eigenvalue weighted by molar-refractivity contribution is 6.34. The van der Waals surface area contributed by atoms with Crippen molar-refractivity contribution in [2.45, 2.75) is 31.7 Å². The van der Waals surface area contributed by atoms with Gasteiger partial charge < -0.3 is 19.5 Å². The summed E-state index contributed by atoms with van der Waals surface area (Å²) in [4.78, 5) is 59.6. The van der Waals surface area contributed by atoms with Gasteiger partial charge in [0, 0.05) is 20.1 Å². The van der Waals surface area contributed by atoms with Gasteiger partial charge >= 0.3 is 5.97 Å². The molecule has 3 aliphatic rings. The highest BCUT2D eigenvalue weighted by Gasteiger charge is 2.83. The molecule has 1 saturated carbocycles. The van der Waals surface area contributed by atoms with E-state index in [2.05, 4.69) is 0 Å². The fraction of sp³-hybridized carbons (Fsp3) is 0.273. The molecule has 4 unspecified atom stereocenters. The van der Waals surface area contributed by atoms with Gasteiger partial charge in [0.2, 0.25) is 5.91 Å². The van der Waals surface area contributed by atoms with Crippen LogP contribution < -0.4 is 4.90 Å². The summed E-state index contributed by atoms with van der Waals surface area (Å²) in [5, 5.41) is 13.1. The van der Waals surface area contributed by atoms with Crippen LogP contribution in [0.3, 0.4) is 0 Å². The Balaban J connectivity index is 1.73. The number of hydrogen-bond donors (Lipinski definition) is 1. The minimum atomic E-state index is -2.35. The number of hydrogen-bond acceptors (Lipinski definition) is 8. The van der Waals surface area contributed by atoms with E-state index in [0.717, 1.165) is 10.5 Å². The SMILES string of the molecule is CCOC(=O)C1=C(c2ccccc2)N(Cc2ccccc2)C2(O)C(OC)CC(=O)C3C(=O)N(c4ccccc4)C(=O)C132. The molecule has 3 aromatic carbocycles. The summed E-state index contributed by atoms with van der Waals surface area (Å²) in [6.45, 7) is 1.63. The van der Waals surface area contributed by atoms with E-state index in [1.807, 2.05) is 30.3 Å². The van der Waals surface area contributed by atoms with Crippen molar-refractivity contribution in [3.63, 3.8) is 0 Å². The summed E-state index contributed by atoms with van der Waals surface area (Å²) in [5.74, 6) is -4.86. The van der Waals surface area contributed by atoms with Crippen molar-refractivity contribution in [3.8, 4) is 0 Å². The molecular formula is C33H30N2O7. The molecule has 0 radical (unpaired) electrons. The Hall–Kier alpha value is -4.60. The maximum Gasteiger partial charge on any atom is 0.337 e. The average Bonchev–Trinajstić information content (AvgIpc) is 3.39. The van der Waals surface area contributed by atoms with Crippen molar-refractivity contribution < 1.29 is 33.8 Å². The van der Waals surface area contributed by atoms with Crippen molar-refractivity contribution in [2.75, 3.05) is 18.6 Å². The van der Waals surface area contributed by atoms with Crippen LogP contribution in [0.15, 0.2) is 96.6 Å². The van der Waals surface area contributed by atoms with E-state index in [1.54, 1.807) is 72.5 Å². The van der Waals surface area contributed by atoms with Crippen LogP contribution in [0.1, 0.15) is 24.5 Å². The van der Waals surface area contributed by atoms with Gasteiger partial charge in [-0.1, -0.05) is 78.9 Å². The molecule has 3 aromatic rings. The molecule has 42 heavy (non-hydrogen) atoms. The van der Waals surface area contributed by atoms with Crippen molar-refractivity contribution in [1.29, 1.82) is 0 Å². The van der Waals surface area contributed by atoms with Gasteiger partial charge in [-0.3, -0.25) is 14.4 Å². The smallest absolute Gasteiger partial charge is 0.337 e. The van der Waals surface area contributed by atoms with E-state index in [0.29, 0.717) is 5.56 Å². The molecule has 2 fully saturated rings. The summed E-state index contributed by atoms with van der Waals surface area (Å²) >= 11 is 0. The normalized spacial score (nSPS) is 26.9. The van der Waals surface area contributed by atoms with Gasteiger partial charge in [-0.2, -0.15) is 0 Å². The molecule has 1 N–H and O–H groups in total. The topological polar surface area (TPSA) is 113 Å². The first kappa shape index (κ1) is 27.6. The first-order valence-corrected chi connectivity index (χ1v) is 13.8. The first-order valence-electron chi connectivity index (χ1n) is 13.8. The molecule has 9 heteroatoms. The number of nitrogens with zero attached hydrogens (tertiary/aromatic N) is 2. The molecule has 9 nitrogen and oxygen atoms in total. The van der Waals surface area contributed by atoms with Gasteiger partial charge in [0.1, 0.15) is 17.8 Å². The third kappa shape index (κ3) is 3.63. The van der Waals surface area contributed by atoms with E-state index in [1.165, 1.54) is 7.11 Å². The Bertz CT molecular complexity index is 1590. The lowest BCUT2D eigenvalue weighted by Crippen LogP contribution is -2.71. The van der Waals surface area contributed by atoms with Crippen LogP contribution in [-0.4, -0.2) is 59.1 Å². The molecule has 0 bridgehead atoms. The van der Waals surface area contributed by atoms with Gasteiger partial charge in [-0.15, -0.1) is 0 Å². The molecule has 6 rings (SSSR count). The second-order valence-electron chi connectivity index (χ2n) is 10.6. The van der Waals surface area contributed by atoms with Crippen LogP contribution >= 0.6 is 0 Å². The second-order valence-corrected chi connectivity index (χ2v) is 10.6. The Kier molecular flexibility index (Phi) is 6.79. The quantitative estimate of drug-likeness (QED) is 0.263. The van der Waals surface area contributed by atoms with Gasteiger partial charge in [0.15, 0.2) is 11.1 Å². The number of anilines is 1. The molecule has 1 spiro atoms. The molecule has 214 valence electrons. The van der Waals surface area contributed by atoms with E-state index in [4.69, 9.17) is 9.47 Å². The van der Waals surface area contributed by atoms with Crippen molar-refractivity contribution in [3.05, 3.63) is 108 Å². The fourth-order valence-corrected chi connectivity index (χ4v) is 6.87. The molecule has 4 atom stereocenters. The third-order valence-electron chi connectivity index (χ3n) is 8.50. The lowest BCUT2D eigenvalue weighted by atomic mass is 9.58. The van der Waals surface area contributed by atoms with Crippen LogP contribution in [0.5, 0.6) is 0 Å². The molecule has 2 aliphatic heterocycles. The number of imide groups is 1. The zero-order chi connectivity index (χ0) is 29.6. The highest BCUT2D eigenvalue weighted by Crippen LogP contribution is 2.66. The standard InChI is InChI=1S/C33H30N2O7/c1-3-42-30(38)27-28(22-15-9-5-10-16-22)34(20-21-13-7-4-8-14-21)33(40)25(41-2)19-24(36)26-29(37)35(31(39)32(26,27)33)23-17-11-6-12-18-23/h4-18,25-26,40H,3,19-20H2,1-2H3. The van der Waals surface area contributed by atoms with Gasteiger partial charge in [0.25, 0.3) is 5.91 Å². The van der Waals surface area contributed by atoms with E-state index in [-0.39, 0.29) is 36.5 Å². The largest absolute Gasteiger partial charge is 0.463 e. The monoisotopic (exact) mass is 566 g/mol. The van der Waals surface area contributed by atoms with E-state index >= 15 is 0 Å². The predicted molar refractivity (Wildman–Crippen MR) is 152 cm³/mol. The number of carbonyl (C=O) groups excluding carboxylic acids is 4. The van der Waals surface area contributed by atoms with Gasteiger partial charge in [-0.05, 0) is 30.2 Å². The van der Waals surface area contributed by atoms with Gasteiger partial charge in [-0.25, -0.2) is 9.69 Å². The molecule has 2 heterocycles. The number of Topliss-reactive ketones (excluding diaryl/α,β-unsaturated/α-hetero) is 1. The van der Waals surface area contributed by atoms with Gasteiger partial charge in [0.05, 0.1) is 23.6 Å². The van der Waals surface area contributed by atoms with Crippen molar-refractivity contribution in [2.24, 2.45) is 11.3 Å². The lowest BCUT2D eigenvalue weighted by Gasteiger charge is -2.52. The molecule has 1 saturated heterocycles. The van der Waals surface area contributed by atoms with Crippen LogP contribution in [0, 0.1) is 11.3 Å². The Labute approximate surface area is 242 Å². The summed E-state index contributed by atoms with van der Waals surface area (Å²) < 4.78 is 11.3. The van der Waals surface area contributed by atoms with Crippen LogP contribution in [0.4, 0.5) is 5.69 Å².